The standard InChI is InChI=1S/C7H7.C5H4F.Ru/c1-2-7-5-3-4-6-7;6-5-3-1-2-4-5;/h2-6H,1H2;1-4H;/q-1;-5;. The van der Waals surface area contributed by atoms with Gasteiger partial charge in [-0.05, 0) is 0 Å². The molecule has 0 atom stereocenters. The Kier molecular flexibility index (Phi) is 6.87. The van der Waals surface area contributed by atoms with Crippen LogP contribution in [0.25, 0.3) is 6.08 Å². The SMILES string of the molecule is C=C[c-]1cccc1.F[c-]1[cH-][cH-][cH-][cH-]1.[Ru]. The van der Waals surface area contributed by atoms with Crippen LogP contribution in [0.15, 0.2) is 55.1 Å². The monoisotopic (exact) mass is 276 g/mol. The van der Waals surface area contributed by atoms with Crippen molar-refractivity contribution in [3.63, 3.8) is 0 Å². The fourth-order valence-electron chi connectivity index (χ4n) is 0.875. The molecular weight excluding hydrogens is 264 g/mol. The molecule has 2 aromatic carbocycles. The van der Waals surface area contributed by atoms with Gasteiger partial charge < -0.3 is 34.5 Å². The normalized spacial score (nSPS) is 8.07. The van der Waals surface area contributed by atoms with Crippen molar-refractivity contribution in [2.45, 2.75) is 0 Å². The minimum absolute atomic E-state index is 0. The Morgan fingerprint density at radius 3 is 1.86 bits per heavy atom. The molecule has 0 aliphatic rings. The van der Waals surface area contributed by atoms with Gasteiger partial charge in [-0.3, -0.25) is 0 Å². The fourth-order valence-corrected chi connectivity index (χ4v) is 0.875. The van der Waals surface area contributed by atoms with E-state index in [-0.39, 0.29) is 25.3 Å². The number of rotatable bonds is 1. The summed E-state index contributed by atoms with van der Waals surface area (Å²) in [5, 5.41) is 0. The van der Waals surface area contributed by atoms with Crippen LogP contribution in [0.4, 0.5) is 4.39 Å². The van der Waals surface area contributed by atoms with Gasteiger partial charge in [0.1, 0.15) is 0 Å². The first-order chi connectivity index (χ1) is 6.33. The quantitative estimate of drug-likeness (QED) is 0.551. The van der Waals surface area contributed by atoms with E-state index in [1.54, 1.807) is 12.1 Å². The number of hydrogen-bond donors (Lipinski definition) is 0. The van der Waals surface area contributed by atoms with Crippen LogP contribution < -0.4 is 0 Å². The average Bonchev–Trinajstić information content (AvgIpc) is 2.76. The molecule has 0 bridgehead atoms. The van der Waals surface area contributed by atoms with E-state index in [2.05, 4.69) is 6.58 Å². The van der Waals surface area contributed by atoms with Crippen LogP contribution in [0, 0.1) is 5.82 Å². The van der Waals surface area contributed by atoms with Crippen LogP contribution in [-0.2, 0) is 19.5 Å². The number of halogens is 1. The summed E-state index contributed by atoms with van der Waals surface area (Å²) in [6.07, 6.45) is 1.83. The van der Waals surface area contributed by atoms with Gasteiger partial charge in [-0.1, -0.05) is 0 Å². The third-order valence-corrected chi connectivity index (χ3v) is 1.55. The van der Waals surface area contributed by atoms with E-state index in [9.17, 15) is 4.39 Å². The summed E-state index contributed by atoms with van der Waals surface area (Å²) in [5.74, 6) is -0.157. The molecule has 0 aliphatic carbocycles. The van der Waals surface area contributed by atoms with Crippen molar-refractivity contribution in [1.29, 1.82) is 0 Å². The molecule has 0 aliphatic heterocycles. The molecular formula is C12H11FRu-6. The van der Waals surface area contributed by atoms with Crippen molar-refractivity contribution in [2.24, 2.45) is 0 Å². The van der Waals surface area contributed by atoms with Crippen molar-refractivity contribution in [3.8, 4) is 0 Å². The van der Waals surface area contributed by atoms with Crippen molar-refractivity contribution < 1.29 is 23.9 Å². The van der Waals surface area contributed by atoms with Gasteiger partial charge in [0, 0.05) is 19.5 Å². The maximum absolute atomic E-state index is 11.7. The maximum Gasteiger partial charge on any atom is 0 e. The average molecular weight is 275 g/mol. The molecule has 0 radical (unpaired) electrons. The zero-order chi connectivity index (χ0) is 9.52. The zero-order valence-electron chi connectivity index (χ0n) is 7.63. The molecule has 0 amide bonds. The molecule has 0 spiro atoms. The third-order valence-electron chi connectivity index (χ3n) is 1.55. The minimum Gasteiger partial charge on any atom is -0.746 e. The largest absolute Gasteiger partial charge is 0.746 e. The van der Waals surface area contributed by atoms with E-state index < -0.39 is 0 Å². The van der Waals surface area contributed by atoms with Gasteiger partial charge in [0.25, 0.3) is 0 Å². The fraction of sp³-hybridized carbons (Fsp3) is 0. The van der Waals surface area contributed by atoms with Gasteiger partial charge in [-0.15, -0.1) is 23.8 Å². The second-order valence-corrected chi connectivity index (χ2v) is 2.53. The predicted molar refractivity (Wildman–Crippen MR) is 54.1 cm³/mol. The van der Waals surface area contributed by atoms with Crippen LogP contribution in [0.1, 0.15) is 5.56 Å². The summed E-state index contributed by atoms with van der Waals surface area (Å²) in [7, 11) is 0. The summed E-state index contributed by atoms with van der Waals surface area (Å²) >= 11 is 0. The van der Waals surface area contributed by atoms with Crippen LogP contribution >= 0.6 is 0 Å². The third kappa shape index (κ3) is 4.88. The van der Waals surface area contributed by atoms with Gasteiger partial charge in [-0.2, -0.15) is 18.7 Å². The van der Waals surface area contributed by atoms with E-state index in [0.29, 0.717) is 0 Å². The zero-order valence-corrected chi connectivity index (χ0v) is 9.37. The van der Waals surface area contributed by atoms with Gasteiger partial charge in [0.05, 0.1) is 0 Å². The van der Waals surface area contributed by atoms with Crippen LogP contribution in [-0.4, -0.2) is 0 Å². The molecule has 0 nitrogen and oxygen atoms in total. The van der Waals surface area contributed by atoms with Gasteiger partial charge in [0.2, 0.25) is 0 Å². The molecule has 0 aromatic heterocycles. The van der Waals surface area contributed by atoms with E-state index in [1.807, 2.05) is 30.3 Å². The van der Waals surface area contributed by atoms with E-state index >= 15 is 0 Å². The van der Waals surface area contributed by atoms with E-state index in [4.69, 9.17) is 0 Å². The molecule has 0 fully saturated rings. The second-order valence-electron chi connectivity index (χ2n) is 2.53. The molecule has 2 aromatic rings. The summed E-state index contributed by atoms with van der Waals surface area (Å²) in [6, 6.07) is 14.2. The van der Waals surface area contributed by atoms with Crippen molar-refractivity contribution in [2.75, 3.05) is 0 Å². The first-order valence-electron chi connectivity index (χ1n) is 4.04. The van der Waals surface area contributed by atoms with Crippen LogP contribution in [0.2, 0.25) is 0 Å². The molecule has 2 rings (SSSR count). The molecule has 0 heterocycles. The van der Waals surface area contributed by atoms with Crippen molar-refractivity contribution in [1.82, 2.24) is 0 Å². The minimum atomic E-state index is -0.157. The van der Waals surface area contributed by atoms with Gasteiger partial charge in [0.15, 0.2) is 0 Å². The first-order valence-corrected chi connectivity index (χ1v) is 4.04. The summed E-state index contributed by atoms with van der Waals surface area (Å²) in [4.78, 5) is 0. The Hall–Kier alpha value is -1.01. The Bertz CT molecular complexity index is 319. The number of hydrogen-bond acceptors (Lipinski definition) is 0. The van der Waals surface area contributed by atoms with Crippen LogP contribution in [0.3, 0.4) is 0 Å². The topological polar surface area (TPSA) is 0 Å². The Morgan fingerprint density at radius 2 is 1.64 bits per heavy atom. The van der Waals surface area contributed by atoms with Gasteiger partial charge in [-0.25, -0.2) is 0 Å². The van der Waals surface area contributed by atoms with Crippen molar-refractivity contribution in [3.05, 3.63) is 66.5 Å². The Balaban J connectivity index is 0.000000227. The molecule has 2 heteroatoms. The summed E-state index contributed by atoms with van der Waals surface area (Å²) in [6.45, 7) is 3.60. The molecule has 80 valence electrons. The molecule has 14 heavy (non-hydrogen) atoms. The van der Waals surface area contributed by atoms with E-state index in [1.165, 1.54) is 17.7 Å². The van der Waals surface area contributed by atoms with Crippen LogP contribution in [0.5, 0.6) is 0 Å². The molecule has 0 saturated carbocycles. The van der Waals surface area contributed by atoms with Crippen molar-refractivity contribution >= 4 is 6.08 Å². The smallest absolute Gasteiger partial charge is 0 e. The second kappa shape index (κ2) is 7.40. The van der Waals surface area contributed by atoms with Gasteiger partial charge >= 0.3 is 0 Å². The molecule has 0 N–H and O–H groups in total. The maximum atomic E-state index is 11.7. The summed E-state index contributed by atoms with van der Waals surface area (Å²) in [5.41, 5.74) is 1.19. The Morgan fingerprint density at radius 1 is 1.14 bits per heavy atom. The van der Waals surface area contributed by atoms with E-state index in [0.717, 1.165) is 0 Å². The predicted octanol–water partition coefficient (Wildman–Crippen LogP) is 3.59. The first kappa shape index (κ1) is 13.0. The summed E-state index contributed by atoms with van der Waals surface area (Å²) < 4.78 is 11.7. The Labute approximate surface area is 96.6 Å². The molecule has 0 unspecified atom stereocenters. The molecule has 0 saturated heterocycles.